The predicted octanol–water partition coefficient (Wildman–Crippen LogP) is 3.76. The summed E-state index contributed by atoms with van der Waals surface area (Å²) in [6, 6.07) is 13.8. The molecule has 2 rings (SSSR count). The van der Waals surface area contributed by atoms with Crippen LogP contribution in [0.2, 0.25) is 0 Å². The monoisotopic (exact) mass is 419 g/mol. The smallest absolute Gasteiger partial charge is 0.267 e. The highest BCUT2D eigenvalue weighted by Crippen LogP contribution is 2.18. The van der Waals surface area contributed by atoms with Crippen LogP contribution in [0.25, 0.3) is 0 Å². The summed E-state index contributed by atoms with van der Waals surface area (Å²) in [5.74, 6) is -0.338. The van der Waals surface area contributed by atoms with Gasteiger partial charge in [0.2, 0.25) is 0 Å². The first-order chi connectivity index (χ1) is 11.0. The molecule has 0 aliphatic carbocycles. The largest absolute Gasteiger partial charge is 0.508 e. The number of halogens is 1. The number of benzene rings is 2. The van der Waals surface area contributed by atoms with E-state index in [9.17, 15) is 9.90 Å². The zero-order valence-electron chi connectivity index (χ0n) is 12.3. The highest BCUT2D eigenvalue weighted by atomic mass is 127. The number of nitrogens with zero attached hydrogens (tertiary/aromatic N) is 1. The van der Waals surface area contributed by atoms with Crippen molar-refractivity contribution >= 4 is 39.9 Å². The number of carbonyl (C=O) groups excluding carboxylic acids is 1. The highest BCUT2D eigenvalue weighted by Gasteiger charge is 2.10. The first-order valence-corrected chi connectivity index (χ1v) is 7.81. The molecule has 0 aliphatic rings. The second kappa shape index (κ2) is 7.65. The Hall–Kier alpha value is -2.53. The average Bonchev–Trinajstić information content (AvgIpc) is 2.52. The standard InChI is InChI=1S/C17H14IN3O2/c1-11-8-13(18)2-7-16(11)21-17(23)12(9-19)10-20-14-3-5-15(22)6-4-14/h2-8,10,20,22H,1H3,(H,21,23)/b12-10-. The van der Waals surface area contributed by atoms with Gasteiger partial charge >= 0.3 is 0 Å². The summed E-state index contributed by atoms with van der Waals surface area (Å²) >= 11 is 2.19. The molecule has 0 aromatic heterocycles. The molecule has 5 nitrogen and oxygen atoms in total. The third kappa shape index (κ3) is 4.72. The van der Waals surface area contributed by atoms with Gasteiger partial charge < -0.3 is 15.7 Å². The Morgan fingerprint density at radius 2 is 1.96 bits per heavy atom. The van der Waals surface area contributed by atoms with Gasteiger partial charge in [0.1, 0.15) is 17.4 Å². The van der Waals surface area contributed by atoms with Gasteiger partial charge in [-0.3, -0.25) is 4.79 Å². The van der Waals surface area contributed by atoms with Crippen LogP contribution in [0.4, 0.5) is 11.4 Å². The maximum atomic E-state index is 12.2. The SMILES string of the molecule is Cc1cc(I)ccc1NC(=O)/C(C#N)=C\Nc1ccc(O)cc1. The van der Waals surface area contributed by atoms with Crippen molar-refractivity contribution in [3.63, 3.8) is 0 Å². The highest BCUT2D eigenvalue weighted by molar-refractivity contribution is 14.1. The molecule has 0 radical (unpaired) electrons. The van der Waals surface area contributed by atoms with E-state index >= 15 is 0 Å². The molecule has 0 spiro atoms. The molecule has 3 N–H and O–H groups in total. The van der Waals surface area contributed by atoms with E-state index in [1.54, 1.807) is 18.2 Å². The molecule has 1 amide bonds. The number of aryl methyl sites for hydroxylation is 1. The molecule has 0 heterocycles. The lowest BCUT2D eigenvalue weighted by Gasteiger charge is -2.08. The Morgan fingerprint density at radius 1 is 1.26 bits per heavy atom. The number of nitrogens with one attached hydrogen (secondary N) is 2. The Kier molecular flexibility index (Phi) is 5.60. The van der Waals surface area contributed by atoms with Crippen molar-refractivity contribution in [2.75, 3.05) is 10.6 Å². The first-order valence-electron chi connectivity index (χ1n) is 6.73. The van der Waals surface area contributed by atoms with E-state index < -0.39 is 5.91 Å². The van der Waals surface area contributed by atoms with Gasteiger partial charge in [-0.25, -0.2) is 0 Å². The number of anilines is 2. The Morgan fingerprint density at radius 3 is 2.57 bits per heavy atom. The van der Waals surface area contributed by atoms with E-state index in [-0.39, 0.29) is 11.3 Å². The summed E-state index contributed by atoms with van der Waals surface area (Å²) in [6.07, 6.45) is 1.34. The third-order valence-corrected chi connectivity index (χ3v) is 3.72. The van der Waals surface area contributed by atoms with Crippen LogP contribution in [0.15, 0.2) is 54.2 Å². The molecule has 2 aromatic rings. The molecule has 116 valence electrons. The number of phenolic OH excluding ortho intramolecular Hbond substituents is 1. The van der Waals surface area contributed by atoms with Crippen molar-refractivity contribution in [1.82, 2.24) is 0 Å². The van der Waals surface area contributed by atoms with E-state index in [1.807, 2.05) is 25.1 Å². The number of phenols is 1. The van der Waals surface area contributed by atoms with Gasteiger partial charge in [0.05, 0.1) is 0 Å². The number of carbonyl (C=O) groups is 1. The zero-order valence-corrected chi connectivity index (χ0v) is 14.5. The summed E-state index contributed by atoms with van der Waals surface area (Å²) in [6.45, 7) is 1.89. The predicted molar refractivity (Wildman–Crippen MR) is 98.0 cm³/mol. The van der Waals surface area contributed by atoms with Gasteiger partial charge in [-0.05, 0) is 77.5 Å². The van der Waals surface area contributed by atoms with Crippen molar-refractivity contribution in [2.24, 2.45) is 0 Å². The lowest BCUT2D eigenvalue weighted by atomic mass is 10.2. The number of hydrogen-bond acceptors (Lipinski definition) is 4. The number of hydrogen-bond donors (Lipinski definition) is 3. The number of nitriles is 1. The van der Waals surface area contributed by atoms with E-state index in [0.29, 0.717) is 11.4 Å². The minimum Gasteiger partial charge on any atom is -0.508 e. The van der Waals surface area contributed by atoms with Gasteiger partial charge in [0.25, 0.3) is 5.91 Å². The zero-order chi connectivity index (χ0) is 16.8. The first kappa shape index (κ1) is 16.8. The Bertz CT molecular complexity index is 792. The average molecular weight is 419 g/mol. The quantitative estimate of drug-likeness (QED) is 0.305. The van der Waals surface area contributed by atoms with Gasteiger partial charge in [0.15, 0.2) is 0 Å². The minimum absolute atomic E-state index is 0.0453. The number of amides is 1. The van der Waals surface area contributed by atoms with Crippen LogP contribution in [-0.2, 0) is 4.79 Å². The van der Waals surface area contributed by atoms with Gasteiger partial charge in [-0.15, -0.1) is 0 Å². The molecule has 0 fully saturated rings. The fourth-order valence-electron chi connectivity index (χ4n) is 1.82. The fourth-order valence-corrected chi connectivity index (χ4v) is 2.47. The molecule has 0 unspecified atom stereocenters. The lowest BCUT2D eigenvalue weighted by molar-refractivity contribution is -0.112. The maximum Gasteiger partial charge on any atom is 0.267 e. The van der Waals surface area contributed by atoms with Crippen LogP contribution >= 0.6 is 22.6 Å². The molecule has 0 aliphatic heterocycles. The molecular formula is C17H14IN3O2. The molecule has 23 heavy (non-hydrogen) atoms. The van der Waals surface area contributed by atoms with Crippen LogP contribution in [0.1, 0.15) is 5.56 Å². The Balaban J connectivity index is 2.10. The van der Waals surface area contributed by atoms with E-state index in [1.165, 1.54) is 18.3 Å². The second-order valence-corrected chi connectivity index (χ2v) is 6.02. The van der Waals surface area contributed by atoms with Crippen LogP contribution < -0.4 is 10.6 Å². The van der Waals surface area contributed by atoms with E-state index in [2.05, 4.69) is 33.2 Å². The summed E-state index contributed by atoms with van der Waals surface area (Å²) in [4.78, 5) is 12.2. The summed E-state index contributed by atoms with van der Waals surface area (Å²) < 4.78 is 1.07. The van der Waals surface area contributed by atoms with Crippen molar-refractivity contribution in [2.45, 2.75) is 6.92 Å². The van der Waals surface area contributed by atoms with Crippen LogP contribution in [0.3, 0.4) is 0 Å². The molecule has 2 aromatic carbocycles. The fraction of sp³-hybridized carbons (Fsp3) is 0.0588. The van der Waals surface area contributed by atoms with Crippen molar-refractivity contribution in [1.29, 1.82) is 5.26 Å². The molecule has 0 bridgehead atoms. The van der Waals surface area contributed by atoms with E-state index in [4.69, 9.17) is 5.26 Å². The van der Waals surface area contributed by atoms with Crippen LogP contribution in [-0.4, -0.2) is 11.0 Å². The summed E-state index contributed by atoms with van der Waals surface area (Å²) in [5.41, 5.74) is 2.21. The van der Waals surface area contributed by atoms with E-state index in [0.717, 1.165) is 9.13 Å². The van der Waals surface area contributed by atoms with Crippen LogP contribution in [0.5, 0.6) is 5.75 Å². The Labute approximate surface area is 147 Å². The minimum atomic E-state index is -0.483. The van der Waals surface area contributed by atoms with Crippen molar-refractivity contribution in [3.8, 4) is 11.8 Å². The molecular weight excluding hydrogens is 405 g/mol. The summed E-state index contributed by atoms with van der Waals surface area (Å²) in [5, 5.41) is 23.9. The molecule has 6 heteroatoms. The van der Waals surface area contributed by atoms with Gasteiger partial charge in [-0.1, -0.05) is 0 Å². The van der Waals surface area contributed by atoms with Crippen molar-refractivity contribution < 1.29 is 9.90 Å². The maximum absolute atomic E-state index is 12.2. The number of rotatable bonds is 4. The van der Waals surface area contributed by atoms with Gasteiger partial charge in [0, 0.05) is 21.1 Å². The molecule has 0 saturated carbocycles. The van der Waals surface area contributed by atoms with Crippen molar-refractivity contribution in [3.05, 3.63) is 63.4 Å². The molecule has 0 saturated heterocycles. The molecule has 0 atom stereocenters. The number of aromatic hydroxyl groups is 1. The third-order valence-electron chi connectivity index (χ3n) is 3.05. The second-order valence-electron chi connectivity index (χ2n) is 4.77. The lowest BCUT2D eigenvalue weighted by Crippen LogP contribution is -2.15. The summed E-state index contributed by atoms with van der Waals surface area (Å²) in [7, 11) is 0. The van der Waals surface area contributed by atoms with Gasteiger partial charge in [-0.2, -0.15) is 5.26 Å². The topological polar surface area (TPSA) is 85.2 Å². The normalized spacial score (nSPS) is 10.7. The van der Waals surface area contributed by atoms with Crippen LogP contribution in [0, 0.1) is 21.8 Å².